The van der Waals surface area contributed by atoms with Crippen LogP contribution < -0.4 is 10.2 Å². The van der Waals surface area contributed by atoms with Crippen LogP contribution in [0.25, 0.3) is 0 Å². The molecule has 1 N–H and O–H groups in total. The molecule has 0 fully saturated rings. The number of nitrogens with zero attached hydrogens (tertiary/aromatic N) is 2. The molecule has 0 radical (unpaired) electrons. The lowest BCUT2D eigenvalue weighted by molar-refractivity contribution is -0.117. The monoisotopic (exact) mass is 349 g/mol. The van der Waals surface area contributed by atoms with Gasteiger partial charge in [-0.2, -0.15) is 5.26 Å². The maximum absolute atomic E-state index is 12.8. The van der Waals surface area contributed by atoms with E-state index in [1.54, 1.807) is 4.90 Å². The predicted octanol–water partition coefficient (Wildman–Crippen LogP) is 4.21. The number of hydrogen-bond acceptors (Lipinski definition) is 3. The summed E-state index contributed by atoms with van der Waals surface area (Å²) >= 11 is 0. The summed E-state index contributed by atoms with van der Waals surface area (Å²) in [4.78, 5) is 14.6. The molecular weight excluding hydrogens is 322 g/mol. The van der Waals surface area contributed by atoms with Crippen molar-refractivity contribution >= 4 is 11.6 Å². The Balaban J connectivity index is 2.12. The minimum Gasteiger partial charge on any atom is -0.310 e. The lowest BCUT2D eigenvalue weighted by atomic mass is 10.0. The highest BCUT2D eigenvalue weighted by atomic mass is 16.2. The Morgan fingerprint density at radius 2 is 1.81 bits per heavy atom. The highest BCUT2D eigenvalue weighted by Gasteiger charge is 2.17. The molecule has 2 aromatic rings. The number of carbonyl (C=O) groups is 1. The maximum atomic E-state index is 12.8. The SMILES string of the molecule is Cc1cc(C)cc(N(CCC#N)C(=O)CNC(C)c2ccccc2C)c1. The number of carbonyl (C=O) groups excluding carboxylic acids is 1. The Morgan fingerprint density at radius 3 is 2.42 bits per heavy atom. The van der Waals surface area contributed by atoms with Crippen molar-refractivity contribution in [1.82, 2.24) is 5.32 Å². The van der Waals surface area contributed by atoms with Gasteiger partial charge in [0.25, 0.3) is 0 Å². The second kappa shape index (κ2) is 9.17. The minimum atomic E-state index is -0.0225. The van der Waals surface area contributed by atoms with Crippen LogP contribution in [0.3, 0.4) is 0 Å². The Hall–Kier alpha value is -2.64. The first kappa shape index (κ1) is 19.7. The Bertz CT molecular complexity index is 787. The van der Waals surface area contributed by atoms with Crippen molar-refractivity contribution in [2.75, 3.05) is 18.0 Å². The van der Waals surface area contributed by atoms with Crippen LogP contribution in [0.1, 0.15) is 41.6 Å². The summed E-state index contributed by atoms with van der Waals surface area (Å²) < 4.78 is 0. The fourth-order valence-corrected chi connectivity index (χ4v) is 3.18. The van der Waals surface area contributed by atoms with Gasteiger partial charge in [-0.25, -0.2) is 0 Å². The molecule has 0 saturated heterocycles. The molecule has 0 bridgehead atoms. The van der Waals surface area contributed by atoms with Crippen LogP contribution in [0.5, 0.6) is 0 Å². The van der Waals surface area contributed by atoms with E-state index in [1.807, 2.05) is 38.1 Å². The van der Waals surface area contributed by atoms with Gasteiger partial charge in [0.15, 0.2) is 0 Å². The third-order valence-electron chi connectivity index (χ3n) is 4.48. The smallest absolute Gasteiger partial charge is 0.240 e. The molecule has 0 aliphatic rings. The van der Waals surface area contributed by atoms with Crippen LogP contribution in [0.2, 0.25) is 0 Å². The number of nitrogens with one attached hydrogen (secondary N) is 1. The Morgan fingerprint density at radius 1 is 1.15 bits per heavy atom. The largest absolute Gasteiger partial charge is 0.310 e. The van der Waals surface area contributed by atoms with E-state index in [4.69, 9.17) is 5.26 Å². The lowest BCUT2D eigenvalue weighted by Gasteiger charge is -2.24. The molecule has 4 nitrogen and oxygen atoms in total. The van der Waals surface area contributed by atoms with Crippen molar-refractivity contribution in [3.8, 4) is 6.07 Å². The van der Waals surface area contributed by atoms with E-state index < -0.39 is 0 Å². The van der Waals surface area contributed by atoms with Gasteiger partial charge in [0.1, 0.15) is 0 Å². The molecule has 26 heavy (non-hydrogen) atoms. The van der Waals surface area contributed by atoms with E-state index in [0.29, 0.717) is 13.0 Å². The average molecular weight is 349 g/mol. The number of rotatable bonds is 7. The molecule has 0 aliphatic carbocycles. The van der Waals surface area contributed by atoms with Gasteiger partial charge in [0.05, 0.1) is 19.0 Å². The van der Waals surface area contributed by atoms with Crippen LogP contribution in [0.4, 0.5) is 5.69 Å². The first-order valence-electron chi connectivity index (χ1n) is 8.97. The standard InChI is InChI=1S/C22H27N3O/c1-16-12-17(2)14-20(13-16)25(11-7-10-23)22(26)15-24-19(4)21-9-6-5-8-18(21)3/h5-6,8-9,12-14,19,24H,7,11,15H2,1-4H3. The number of benzene rings is 2. The zero-order valence-corrected chi connectivity index (χ0v) is 16.0. The number of amides is 1. The van der Waals surface area contributed by atoms with Gasteiger partial charge in [0.2, 0.25) is 5.91 Å². The van der Waals surface area contributed by atoms with Gasteiger partial charge in [-0.05, 0) is 62.1 Å². The summed E-state index contributed by atoms with van der Waals surface area (Å²) in [7, 11) is 0. The van der Waals surface area contributed by atoms with Crippen molar-refractivity contribution in [3.05, 3.63) is 64.7 Å². The second-order valence-corrected chi connectivity index (χ2v) is 6.76. The molecule has 0 aliphatic heterocycles. The highest BCUT2D eigenvalue weighted by Crippen LogP contribution is 2.20. The molecule has 4 heteroatoms. The maximum Gasteiger partial charge on any atom is 0.240 e. The van der Waals surface area contributed by atoms with E-state index in [0.717, 1.165) is 16.8 Å². The van der Waals surface area contributed by atoms with Crippen molar-refractivity contribution in [3.63, 3.8) is 0 Å². The van der Waals surface area contributed by atoms with E-state index >= 15 is 0 Å². The van der Waals surface area contributed by atoms with Gasteiger partial charge in [-0.1, -0.05) is 30.3 Å². The molecule has 1 amide bonds. The van der Waals surface area contributed by atoms with E-state index in [2.05, 4.69) is 43.4 Å². The minimum absolute atomic E-state index is 0.0225. The first-order valence-corrected chi connectivity index (χ1v) is 8.97. The summed E-state index contributed by atoms with van der Waals surface area (Å²) in [6, 6.07) is 16.5. The van der Waals surface area contributed by atoms with Crippen molar-refractivity contribution < 1.29 is 4.79 Å². The summed E-state index contributed by atoms with van der Waals surface area (Å²) in [5.74, 6) is -0.0225. The van der Waals surface area contributed by atoms with Crippen LogP contribution in [0.15, 0.2) is 42.5 Å². The van der Waals surface area contributed by atoms with Gasteiger partial charge >= 0.3 is 0 Å². The molecule has 1 atom stereocenters. The topological polar surface area (TPSA) is 56.1 Å². The fourth-order valence-electron chi connectivity index (χ4n) is 3.18. The van der Waals surface area contributed by atoms with Gasteiger partial charge in [-0.3, -0.25) is 4.79 Å². The molecule has 0 heterocycles. The summed E-state index contributed by atoms with van der Waals surface area (Å²) in [6.07, 6.45) is 0.312. The summed E-state index contributed by atoms with van der Waals surface area (Å²) in [6.45, 7) is 8.80. The summed E-state index contributed by atoms with van der Waals surface area (Å²) in [5, 5.41) is 12.3. The lowest BCUT2D eigenvalue weighted by Crippen LogP contribution is -2.39. The molecule has 2 rings (SSSR count). The van der Waals surface area contributed by atoms with Crippen LogP contribution in [0, 0.1) is 32.1 Å². The zero-order valence-electron chi connectivity index (χ0n) is 16.0. The van der Waals surface area contributed by atoms with Crippen LogP contribution in [-0.2, 0) is 4.79 Å². The quantitative estimate of drug-likeness (QED) is 0.815. The average Bonchev–Trinajstić information content (AvgIpc) is 2.59. The van der Waals surface area contributed by atoms with Crippen molar-refractivity contribution in [1.29, 1.82) is 5.26 Å². The number of anilines is 1. The van der Waals surface area contributed by atoms with Crippen LogP contribution in [-0.4, -0.2) is 19.0 Å². The number of aryl methyl sites for hydroxylation is 3. The second-order valence-electron chi connectivity index (χ2n) is 6.76. The van der Waals surface area contributed by atoms with Crippen molar-refractivity contribution in [2.45, 2.75) is 40.2 Å². The van der Waals surface area contributed by atoms with E-state index in [1.165, 1.54) is 11.1 Å². The van der Waals surface area contributed by atoms with E-state index in [-0.39, 0.29) is 18.5 Å². The molecule has 0 saturated carbocycles. The zero-order chi connectivity index (χ0) is 19.1. The predicted molar refractivity (Wildman–Crippen MR) is 106 cm³/mol. The highest BCUT2D eigenvalue weighted by molar-refractivity contribution is 5.95. The van der Waals surface area contributed by atoms with E-state index in [9.17, 15) is 4.79 Å². The number of nitriles is 1. The molecule has 0 spiro atoms. The van der Waals surface area contributed by atoms with Crippen molar-refractivity contribution in [2.24, 2.45) is 0 Å². The van der Waals surface area contributed by atoms with Crippen LogP contribution >= 0.6 is 0 Å². The Kier molecular flexibility index (Phi) is 6.94. The summed E-state index contributed by atoms with van der Waals surface area (Å²) in [5.41, 5.74) is 5.46. The molecule has 2 aromatic carbocycles. The van der Waals surface area contributed by atoms with Gasteiger partial charge in [0, 0.05) is 18.3 Å². The van der Waals surface area contributed by atoms with Gasteiger partial charge in [-0.15, -0.1) is 0 Å². The van der Waals surface area contributed by atoms with Gasteiger partial charge < -0.3 is 10.2 Å². The third kappa shape index (κ3) is 5.18. The molecule has 136 valence electrons. The first-order chi connectivity index (χ1) is 12.4. The third-order valence-corrected chi connectivity index (χ3v) is 4.48. The molecular formula is C22H27N3O. The molecule has 1 unspecified atom stereocenters. The normalized spacial score (nSPS) is 11.7. The Labute approximate surface area is 156 Å². The molecule has 0 aromatic heterocycles. The fraction of sp³-hybridized carbons (Fsp3) is 0.364. The number of hydrogen-bond donors (Lipinski definition) is 1.